The second-order valence-electron chi connectivity index (χ2n) is 6.78. The van der Waals surface area contributed by atoms with E-state index in [-0.39, 0.29) is 29.4 Å². The Kier molecular flexibility index (Phi) is 4.35. The van der Waals surface area contributed by atoms with Crippen molar-refractivity contribution in [1.29, 1.82) is 0 Å². The lowest BCUT2D eigenvalue weighted by Gasteiger charge is -2.37. The number of carbonyl (C=O) groups excluding carboxylic acids is 1. The molecule has 0 radical (unpaired) electrons. The van der Waals surface area contributed by atoms with E-state index >= 15 is 0 Å². The van der Waals surface area contributed by atoms with E-state index in [4.69, 9.17) is 14.2 Å². The van der Waals surface area contributed by atoms with Crippen LogP contribution in [0.25, 0.3) is 0 Å². The summed E-state index contributed by atoms with van der Waals surface area (Å²) in [7, 11) is 0. The Morgan fingerprint density at radius 1 is 1.26 bits per heavy atom. The van der Waals surface area contributed by atoms with Gasteiger partial charge in [0.15, 0.2) is 11.5 Å². The summed E-state index contributed by atoms with van der Waals surface area (Å²) in [4.78, 5) is 12.4. The first-order chi connectivity index (χ1) is 11.0. The zero-order valence-electron chi connectivity index (χ0n) is 13.6. The summed E-state index contributed by atoms with van der Waals surface area (Å²) in [6, 6.07) is 2.94. The smallest absolute Gasteiger partial charge is 0.255 e. The lowest BCUT2D eigenvalue weighted by atomic mass is 9.74. The molecule has 0 aromatic heterocycles. The Balaban J connectivity index is 1.65. The zero-order valence-corrected chi connectivity index (χ0v) is 13.6. The fraction of sp³-hybridized carbons (Fsp3) is 0.588. The van der Waals surface area contributed by atoms with Gasteiger partial charge in [0.1, 0.15) is 5.75 Å². The molecule has 6 heteroatoms. The monoisotopic (exact) mass is 321 g/mol. The average molecular weight is 321 g/mol. The Labute approximate surface area is 135 Å². The second-order valence-corrected chi connectivity index (χ2v) is 6.78. The number of phenols is 1. The highest BCUT2D eigenvalue weighted by Crippen LogP contribution is 2.38. The molecule has 1 aromatic rings. The second kappa shape index (κ2) is 6.28. The van der Waals surface area contributed by atoms with Gasteiger partial charge in [0.2, 0.25) is 6.79 Å². The standard InChI is InChI=1S/C17H23NO5/c1-17(2,11-3-5-21-6-4-11)9-18-16(20)12-7-14-15(8-13(12)19)23-10-22-14/h7-8,11,19H,3-6,9-10H2,1-2H3,(H,18,20). The number of aromatic hydroxyl groups is 1. The predicted molar refractivity (Wildman–Crippen MR) is 83.9 cm³/mol. The van der Waals surface area contributed by atoms with Gasteiger partial charge in [-0.2, -0.15) is 0 Å². The maximum Gasteiger partial charge on any atom is 0.255 e. The number of rotatable bonds is 4. The normalized spacial score (nSPS) is 18.0. The minimum atomic E-state index is -0.305. The molecule has 1 fully saturated rings. The van der Waals surface area contributed by atoms with Crippen molar-refractivity contribution in [3.05, 3.63) is 17.7 Å². The summed E-state index contributed by atoms with van der Waals surface area (Å²) in [5, 5.41) is 12.9. The SMILES string of the molecule is CC(C)(CNC(=O)c1cc2c(cc1O)OCO2)C1CCOCC1. The number of carbonyl (C=O) groups is 1. The van der Waals surface area contributed by atoms with Crippen molar-refractivity contribution in [2.75, 3.05) is 26.6 Å². The van der Waals surface area contributed by atoms with Gasteiger partial charge < -0.3 is 24.6 Å². The highest BCUT2D eigenvalue weighted by Gasteiger charge is 2.31. The van der Waals surface area contributed by atoms with Crippen LogP contribution in [0.2, 0.25) is 0 Å². The van der Waals surface area contributed by atoms with E-state index in [0.29, 0.717) is 24.0 Å². The molecule has 23 heavy (non-hydrogen) atoms. The van der Waals surface area contributed by atoms with Crippen molar-refractivity contribution < 1.29 is 24.1 Å². The molecule has 1 amide bonds. The number of hydrogen-bond acceptors (Lipinski definition) is 5. The van der Waals surface area contributed by atoms with E-state index in [1.807, 2.05) is 0 Å². The minimum Gasteiger partial charge on any atom is -0.507 e. The predicted octanol–water partition coefficient (Wildman–Crippen LogP) is 2.30. The Hall–Kier alpha value is -1.95. The van der Waals surface area contributed by atoms with Gasteiger partial charge in [-0.25, -0.2) is 0 Å². The van der Waals surface area contributed by atoms with Crippen molar-refractivity contribution in [1.82, 2.24) is 5.32 Å². The number of amides is 1. The van der Waals surface area contributed by atoms with Gasteiger partial charge in [0, 0.05) is 31.9 Å². The molecule has 126 valence electrons. The summed E-state index contributed by atoms with van der Waals surface area (Å²) >= 11 is 0. The van der Waals surface area contributed by atoms with Crippen LogP contribution in [-0.4, -0.2) is 37.6 Å². The van der Waals surface area contributed by atoms with Crippen LogP contribution in [0.5, 0.6) is 17.2 Å². The van der Waals surface area contributed by atoms with E-state index in [2.05, 4.69) is 19.2 Å². The first-order valence-corrected chi connectivity index (χ1v) is 7.96. The molecule has 1 saturated heterocycles. The van der Waals surface area contributed by atoms with Crippen molar-refractivity contribution in [2.24, 2.45) is 11.3 Å². The summed E-state index contributed by atoms with van der Waals surface area (Å²) in [6.45, 7) is 6.53. The Morgan fingerprint density at radius 2 is 1.91 bits per heavy atom. The van der Waals surface area contributed by atoms with E-state index in [9.17, 15) is 9.90 Å². The van der Waals surface area contributed by atoms with Gasteiger partial charge >= 0.3 is 0 Å². The summed E-state index contributed by atoms with van der Waals surface area (Å²) in [5.74, 6) is 1.05. The van der Waals surface area contributed by atoms with Gasteiger partial charge in [-0.05, 0) is 24.2 Å². The van der Waals surface area contributed by atoms with E-state index < -0.39 is 0 Å². The van der Waals surface area contributed by atoms with Crippen LogP contribution in [0.4, 0.5) is 0 Å². The molecule has 2 aliphatic rings. The van der Waals surface area contributed by atoms with Crippen molar-refractivity contribution in [3.63, 3.8) is 0 Å². The maximum atomic E-state index is 12.4. The molecule has 2 N–H and O–H groups in total. The molecule has 6 nitrogen and oxygen atoms in total. The van der Waals surface area contributed by atoms with Gasteiger partial charge in [0.25, 0.3) is 5.91 Å². The van der Waals surface area contributed by atoms with E-state index in [1.54, 1.807) is 0 Å². The molecule has 3 rings (SSSR count). The van der Waals surface area contributed by atoms with Gasteiger partial charge in [0.05, 0.1) is 5.56 Å². The zero-order chi connectivity index (χ0) is 16.4. The first kappa shape index (κ1) is 15.9. The molecule has 0 unspecified atom stereocenters. The van der Waals surface area contributed by atoms with Crippen molar-refractivity contribution >= 4 is 5.91 Å². The molecule has 2 aliphatic heterocycles. The third-order valence-corrected chi connectivity index (χ3v) is 4.77. The quantitative estimate of drug-likeness (QED) is 0.890. The molecule has 0 spiro atoms. The lowest BCUT2D eigenvalue weighted by Crippen LogP contribution is -2.40. The molecular formula is C17H23NO5. The van der Waals surface area contributed by atoms with Crippen molar-refractivity contribution in [3.8, 4) is 17.2 Å². The number of fused-ring (bicyclic) bond motifs is 1. The third-order valence-electron chi connectivity index (χ3n) is 4.77. The molecule has 0 atom stereocenters. The van der Waals surface area contributed by atoms with Crippen molar-refractivity contribution in [2.45, 2.75) is 26.7 Å². The average Bonchev–Trinajstić information content (AvgIpc) is 3.00. The minimum absolute atomic E-state index is 0.0224. The highest BCUT2D eigenvalue weighted by atomic mass is 16.7. The van der Waals surface area contributed by atoms with Crippen LogP contribution in [0.15, 0.2) is 12.1 Å². The maximum absolute atomic E-state index is 12.4. The number of hydrogen-bond donors (Lipinski definition) is 2. The third kappa shape index (κ3) is 3.37. The molecule has 0 aliphatic carbocycles. The molecule has 1 aromatic carbocycles. The van der Waals surface area contributed by atoms with Gasteiger partial charge in [-0.15, -0.1) is 0 Å². The summed E-state index contributed by atoms with van der Waals surface area (Å²) in [6.07, 6.45) is 2.02. The van der Waals surface area contributed by atoms with Gasteiger partial charge in [-0.1, -0.05) is 13.8 Å². The van der Waals surface area contributed by atoms with Crippen LogP contribution in [0, 0.1) is 11.3 Å². The topological polar surface area (TPSA) is 77.0 Å². The fourth-order valence-electron chi connectivity index (χ4n) is 3.14. The van der Waals surface area contributed by atoms with Crippen LogP contribution in [-0.2, 0) is 4.74 Å². The van der Waals surface area contributed by atoms with Crippen LogP contribution in [0.3, 0.4) is 0 Å². The van der Waals surface area contributed by atoms with Crippen LogP contribution >= 0.6 is 0 Å². The summed E-state index contributed by atoms with van der Waals surface area (Å²) < 4.78 is 15.8. The molecule has 2 heterocycles. The van der Waals surface area contributed by atoms with Crippen LogP contribution in [0.1, 0.15) is 37.0 Å². The first-order valence-electron chi connectivity index (χ1n) is 7.96. The summed E-state index contributed by atoms with van der Waals surface area (Å²) in [5.41, 5.74) is 0.183. The Morgan fingerprint density at radius 3 is 2.61 bits per heavy atom. The van der Waals surface area contributed by atoms with Crippen LogP contribution < -0.4 is 14.8 Å². The number of ether oxygens (including phenoxy) is 3. The van der Waals surface area contributed by atoms with E-state index in [1.165, 1.54) is 12.1 Å². The largest absolute Gasteiger partial charge is 0.507 e. The molecular weight excluding hydrogens is 298 g/mol. The number of nitrogens with one attached hydrogen (secondary N) is 1. The Bertz CT molecular complexity index is 593. The molecule has 0 bridgehead atoms. The fourth-order valence-corrected chi connectivity index (χ4v) is 3.14. The highest BCUT2D eigenvalue weighted by molar-refractivity contribution is 5.97. The van der Waals surface area contributed by atoms with E-state index in [0.717, 1.165) is 26.1 Å². The number of phenolic OH excluding ortho intramolecular Hbond substituents is 1. The lowest BCUT2D eigenvalue weighted by molar-refractivity contribution is 0.0228. The number of benzene rings is 1. The molecule has 0 saturated carbocycles. The van der Waals surface area contributed by atoms with Gasteiger partial charge in [-0.3, -0.25) is 4.79 Å².